The Hall–Kier alpha value is -3.21. The van der Waals surface area contributed by atoms with Gasteiger partial charge < -0.3 is 29.9 Å². The largest absolute Gasteiger partial charge is 0.497 e. The average Bonchev–Trinajstić information content (AvgIpc) is 3.40. The summed E-state index contributed by atoms with van der Waals surface area (Å²) in [6.45, 7) is 8.29. The Balaban J connectivity index is 1.55. The number of benzene rings is 3. The van der Waals surface area contributed by atoms with Gasteiger partial charge in [-0.2, -0.15) is 0 Å². The van der Waals surface area contributed by atoms with E-state index in [-0.39, 0.29) is 36.6 Å². The Morgan fingerprint density at radius 1 is 1.16 bits per heavy atom. The molecule has 1 spiro atoms. The molecule has 3 N–H and O–H groups in total. The molecule has 3 aromatic carbocycles. The molecule has 0 aromatic heterocycles. The van der Waals surface area contributed by atoms with Gasteiger partial charge in [0.1, 0.15) is 11.9 Å². The molecule has 3 aromatic rings. The summed E-state index contributed by atoms with van der Waals surface area (Å²) in [6, 6.07) is 20.9. The highest BCUT2D eigenvalue weighted by Gasteiger charge is 2.66. The number of nitrogens with zero attached hydrogens (tertiary/aromatic N) is 1. The maximum atomic E-state index is 14.7. The molecule has 2 amide bonds. The second-order valence-corrected chi connectivity index (χ2v) is 17.2. The number of amides is 2. The van der Waals surface area contributed by atoms with Crippen molar-refractivity contribution in [1.82, 2.24) is 0 Å². The Morgan fingerprint density at radius 3 is 2.53 bits per heavy atom. The van der Waals surface area contributed by atoms with Gasteiger partial charge in [0.05, 0.1) is 33.5 Å². The van der Waals surface area contributed by atoms with Crippen LogP contribution in [0, 0.1) is 5.92 Å². The summed E-state index contributed by atoms with van der Waals surface area (Å²) in [7, 11) is -0.642. The predicted octanol–water partition coefficient (Wildman–Crippen LogP) is 4.81. The highest BCUT2D eigenvalue weighted by molar-refractivity contribution is 6.91. The number of aliphatic hydroxyl groups is 2. The van der Waals surface area contributed by atoms with Gasteiger partial charge in [0.25, 0.3) is 11.8 Å². The third kappa shape index (κ3) is 5.49. The van der Waals surface area contributed by atoms with Gasteiger partial charge in [-0.25, -0.2) is 0 Å². The second-order valence-electron chi connectivity index (χ2n) is 12.1. The number of hydrogen-bond acceptors (Lipinski definition) is 6. The SMILES string of the molecule is COc1ccc([Si](C)(C)[C@@H]2[C@@H](CCO)O[C@]3(C(=O)N(Cc4cccc(NC(=O)[C@H](C)O)c4)c4ccc(Cl)cc43)[C@H]2C)cc1. The number of anilines is 2. The van der Waals surface area contributed by atoms with E-state index >= 15 is 0 Å². The summed E-state index contributed by atoms with van der Waals surface area (Å²) in [5.74, 6) is -0.0988. The van der Waals surface area contributed by atoms with E-state index in [2.05, 4.69) is 37.5 Å². The van der Waals surface area contributed by atoms with Gasteiger partial charge in [-0.15, -0.1) is 0 Å². The van der Waals surface area contributed by atoms with E-state index in [0.717, 1.165) is 22.6 Å². The summed E-state index contributed by atoms with van der Waals surface area (Å²) in [4.78, 5) is 28.5. The van der Waals surface area contributed by atoms with Crippen LogP contribution in [0.1, 0.15) is 31.4 Å². The standard InChI is InChI=1S/C33H39ClN2O6Si/c1-20-30(43(4,5)26-12-10-25(41-3)11-13-26)29(15-16-37)42-33(20)27-18-23(34)9-14-28(27)36(32(33)40)19-22-7-6-8-24(17-22)35-31(39)21(2)38/h6-14,17-18,20-21,29-30,37-38H,15-16,19H2,1-5H3,(H,35,39)/t20-,21-,29+,30-,33+/m0/s1. The fourth-order valence-electron chi connectivity index (χ4n) is 7.02. The number of carbonyl (C=O) groups excluding carboxylic acids is 2. The van der Waals surface area contributed by atoms with E-state index < -0.39 is 25.7 Å². The van der Waals surface area contributed by atoms with Crippen LogP contribution >= 0.6 is 11.6 Å². The van der Waals surface area contributed by atoms with Gasteiger partial charge in [-0.05, 0) is 66.9 Å². The molecule has 2 aliphatic rings. The van der Waals surface area contributed by atoms with Crippen molar-refractivity contribution in [3.63, 3.8) is 0 Å². The monoisotopic (exact) mass is 622 g/mol. The summed E-state index contributed by atoms with van der Waals surface area (Å²) < 4.78 is 12.3. The molecule has 0 bridgehead atoms. The number of methoxy groups -OCH3 is 1. The zero-order valence-electron chi connectivity index (χ0n) is 25.1. The minimum atomic E-state index is -2.29. The molecule has 8 nitrogen and oxygen atoms in total. The lowest BCUT2D eigenvalue weighted by atomic mass is 9.82. The normalized spacial score (nSPS) is 23.9. The molecule has 1 fully saturated rings. The lowest BCUT2D eigenvalue weighted by molar-refractivity contribution is -0.146. The molecule has 0 aliphatic carbocycles. The van der Waals surface area contributed by atoms with Crippen LogP contribution in [0.15, 0.2) is 66.7 Å². The number of nitrogens with one attached hydrogen (secondary N) is 1. The van der Waals surface area contributed by atoms with Crippen LogP contribution in [-0.2, 0) is 26.5 Å². The summed E-state index contributed by atoms with van der Waals surface area (Å²) in [5.41, 5.74) is 1.55. The maximum Gasteiger partial charge on any atom is 0.264 e. The number of fused-ring (bicyclic) bond motifs is 2. The molecule has 0 unspecified atom stereocenters. The molecule has 228 valence electrons. The molecule has 10 heteroatoms. The Bertz CT molecular complexity index is 1510. The molecule has 1 saturated heterocycles. The molecular formula is C33H39ClN2O6Si. The van der Waals surface area contributed by atoms with E-state index in [1.54, 1.807) is 36.3 Å². The van der Waals surface area contributed by atoms with Crippen LogP contribution < -0.4 is 20.1 Å². The smallest absolute Gasteiger partial charge is 0.264 e. The van der Waals surface area contributed by atoms with Crippen LogP contribution in [0.25, 0.3) is 0 Å². The van der Waals surface area contributed by atoms with Gasteiger partial charge in [0.2, 0.25) is 0 Å². The van der Waals surface area contributed by atoms with Crippen molar-refractivity contribution in [3.8, 4) is 5.75 Å². The van der Waals surface area contributed by atoms with Crippen molar-refractivity contribution < 1.29 is 29.3 Å². The van der Waals surface area contributed by atoms with Crippen molar-refractivity contribution in [2.24, 2.45) is 5.92 Å². The number of hydrogen-bond donors (Lipinski definition) is 3. The highest BCUT2D eigenvalue weighted by atomic mass is 35.5. The lowest BCUT2D eigenvalue weighted by Gasteiger charge is -2.37. The summed E-state index contributed by atoms with van der Waals surface area (Å²) in [6.07, 6.45) is -1.07. The number of carbonyl (C=O) groups is 2. The van der Waals surface area contributed by atoms with Crippen LogP contribution in [0.5, 0.6) is 5.75 Å². The van der Waals surface area contributed by atoms with Gasteiger partial charge in [0, 0.05) is 28.8 Å². The van der Waals surface area contributed by atoms with Gasteiger partial charge in [-0.1, -0.05) is 61.1 Å². The zero-order chi connectivity index (χ0) is 31.1. The van der Waals surface area contributed by atoms with Gasteiger partial charge >= 0.3 is 0 Å². The predicted molar refractivity (Wildman–Crippen MR) is 171 cm³/mol. The number of rotatable bonds is 9. The van der Waals surface area contributed by atoms with Crippen molar-refractivity contribution >= 4 is 48.1 Å². The van der Waals surface area contributed by atoms with E-state index in [9.17, 15) is 19.8 Å². The molecule has 5 atom stereocenters. The highest BCUT2D eigenvalue weighted by Crippen LogP contribution is 2.60. The minimum Gasteiger partial charge on any atom is -0.497 e. The molecular weight excluding hydrogens is 584 g/mol. The topological polar surface area (TPSA) is 108 Å². The van der Waals surface area contributed by atoms with Crippen LogP contribution in [0.4, 0.5) is 11.4 Å². The van der Waals surface area contributed by atoms with Crippen molar-refractivity contribution in [1.29, 1.82) is 0 Å². The van der Waals surface area contributed by atoms with E-state index in [1.165, 1.54) is 12.1 Å². The molecule has 43 heavy (non-hydrogen) atoms. The van der Waals surface area contributed by atoms with Crippen molar-refractivity contribution in [2.45, 2.75) is 63.3 Å². The molecule has 5 rings (SSSR count). The first-order chi connectivity index (χ1) is 20.4. The lowest BCUT2D eigenvalue weighted by Crippen LogP contribution is -2.51. The van der Waals surface area contributed by atoms with E-state index in [0.29, 0.717) is 17.1 Å². The minimum absolute atomic E-state index is 0.0165. The second kappa shape index (κ2) is 12.1. The molecule has 2 heterocycles. The summed E-state index contributed by atoms with van der Waals surface area (Å²) in [5, 5.41) is 24.2. The van der Waals surface area contributed by atoms with E-state index in [4.69, 9.17) is 21.1 Å². The Morgan fingerprint density at radius 2 is 1.88 bits per heavy atom. The Kier molecular flexibility index (Phi) is 8.75. The first kappa shape index (κ1) is 31.2. The maximum absolute atomic E-state index is 14.7. The third-order valence-corrected chi connectivity index (χ3v) is 13.7. The van der Waals surface area contributed by atoms with Crippen molar-refractivity contribution in [3.05, 3.63) is 82.9 Å². The summed E-state index contributed by atoms with van der Waals surface area (Å²) >= 11 is 6.54. The van der Waals surface area contributed by atoms with Crippen LogP contribution in [0.2, 0.25) is 23.7 Å². The first-order valence-corrected chi connectivity index (χ1v) is 18.0. The Labute approximate surface area is 258 Å². The number of aliphatic hydroxyl groups excluding tert-OH is 2. The van der Waals surface area contributed by atoms with E-state index in [1.807, 2.05) is 30.3 Å². The van der Waals surface area contributed by atoms with Crippen LogP contribution in [0.3, 0.4) is 0 Å². The van der Waals surface area contributed by atoms with Crippen molar-refractivity contribution in [2.75, 3.05) is 23.9 Å². The van der Waals surface area contributed by atoms with Gasteiger partial charge in [0.15, 0.2) is 5.60 Å². The van der Waals surface area contributed by atoms with Crippen LogP contribution in [-0.4, -0.2) is 56.0 Å². The fraction of sp³-hybridized carbons (Fsp3) is 0.394. The molecule has 0 saturated carbocycles. The molecule has 2 aliphatic heterocycles. The van der Waals surface area contributed by atoms with Gasteiger partial charge in [-0.3, -0.25) is 9.59 Å². The first-order valence-electron chi connectivity index (χ1n) is 14.6. The average molecular weight is 623 g/mol. The number of halogens is 1. The number of ether oxygens (including phenoxy) is 2. The fourth-order valence-corrected chi connectivity index (χ4v) is 11.2. The molecule has 0 radical (unpaired) electrons. The third-order valence-electron chi connectivity index (χ3n) is 9.13. The zero-order valence-corrected chi connectivity index (χ0v) is 26.9. The quantitative estimate of drug-likeness (QED) is 0.296.